The van der Waals surface area contributed by atoms with Crippen LogP contribution in [0.15, 0.2) is 200 Å². The first kappa shape index (κ1) is 33.4. The highest BCUT2D eigenvalue weighted by Gasteiger charge is 2.40. The van der Waals surface area contributed by atoms with Crippen LogP contribution >= 0.6 is 11.3 Å². The summed E-state index contributed by atoms with van der Waals surface area (Å²) in [5, 5.41) is 2.58. The molecule has 0 saturated carbocycles. The highest BCUT2D eigenvalue weighted by molar-refractivity contribution is 7.25. The molecule has 1 aliphatic rings. The normalized spacial score (nSPS) is 14.5. The second-order valence-corrected chi connectivity index (χ2v) is 16.2. The fourth-order valence-electron chi connectivity index (χ4n) is 8.94. The molecule has 10 aromatic rings. The van der Waals surface area contributed by atoms with Crippen LogP contribution in [0.25, 0.3) is 87.5 Å². The van der Waals surface area contributed by atoms with Crippen LogP contribution in [0, 0.1) is 0 Å². The second kappa shape index (κ2) is 13.4. The largest absolute Gasteiger partial charge is 0.228 e. The molecule has 3 heteroatoms. The Morgan fingerprint density at radius 2 is 0.982 bits per heavy atom. The molecule has 0 fully saturated rings. The Labute approximate surface area is 336 Å². The molecule has 11 rings (SSSR count). The van der Waals surface area contributed by atoms with Crippen molar-refractivity contribution in [2.45, 2.75) is 12.3 Å². The number of benzene rings is 8. The Kier molecular flexibility index (Phi) is 7.84. The third-order valence-corrected chi connectivity index (χ3v) is 12.9. The molecule has 0 radical (unpaired) electrons. The average molecular weight is 745 g/mol. The minimum Gasteiger partial charge on any atom is -0.228 e. The number of hydrogen-bond donors (Lipinski definition) is 0. The van der Waals surface area contributed by atoms with Gasteiger partial charge >= 0.3 is 0 Å². The first-order chi connectivity index (χ1) is 28.1. The van der Waals surface area contributed by atoms with Crippen LogP contribution in [0.3, 0.4) is 0 Å². The quantitative estimate of drug-likeness (QED) is 0.169. The first-order valence-corrected chi connectivity index (χ1v) is 20.3. The maximum atomic E-state index is 5.34. The van der Waals surface area contributed by atoms with E-state index in [-0.39, 0.29) is 5.41 Å². The molecule has 0 aliphatic heterocycles. The van der Waals surface area contributed by atoms with Crippen molar-refractivity contribution in [3.05, 3.63) is 217 Å². The van der Waals surface area contributed by atoms with Gasteiger partial charge in [-0.25, -0.2) is 9.97 Å². The van der Waals surface area contributed by atoms with Gasteiger partial charge in [-0.15, -0.1) is 11.3 Å². The highest BCUT2D eigenvalue weighted by Crippen LogP contribution is 2.53. The van der Waals surface area contributed by atoms with E-state index < -0.39 is 0 Å². The number of thiophene rings is 1. The van der Waals surface area contributed by atoms with Gasteiger partial charge in [0.25, 0.3) is 0 Å². The van der Waals surface area contributed by atoms with Crippen molar-refractivity contribution in [2.75, 3.05) is 0 Å². The van der Waals surface area contributed by atoms with Crippen molar-refractivity contribution >= 4 is 31.5 Å². The molecule has 1 atom stereocenters. The van der Waals surface area contributed by atoms with Gasteiger partial charge in [-0.1, -0.05) is 158 Å². The molecule has 0 N–H and O–H groups in total. The zero-order valence-corrected chi connectivity index (χ0v) is 32.2. The van der Waals surface area contributed by atoms with Crippen LogP contribution in [-0.4, -0.2) is 9.97 Å². The molecule has 2 nitrogen and oxygen atoms in total. The molecule has 1 aliphatic carbocycles. The fraction of sp³-hybridized carbons (Fsp3) is 0.0370. The first-order valence-electron chi connectivity index (χ1n) is 19.5. The number of nitrogens with zero attached hydrogens (tertiary/aromatic N) is 2. The van der Waals surface area contributed by atoms with E-state index in [1.165, 1.54) is 59.1 Å². The molecule has 268 valence electrons. The van der Waals surface area contributed by atoms with Gasteiger partial charge in [-0.2, -0.15) is 0 Å². The third kappa shape index (κ3) is 5.54. The summed E-state index contributed by atoms with van der Waals surface area (Å²) >= 11 is 1.85. The predicted molar refractivity (Wildman–Crippen MR) is 240 cm³/mol. The molecule has 0 saturated heterocycles. The van der Waals surface area contributed by atoms with E-state index in [0.717, 1.165) is 39.2 Å². The Morgan fingerprint density at radius 1 is 0.386 bits per heavy atom. The van der Waals surface area contributed by atoms with Gasteiger partial charge in [0, 0.05) is 42.3 Å². The van der Waals surface area contributed by atoms with Crippen LogP contribution in [0.5, 0.6) is 0 Å². The van der Waals surface area contributed by atoms with Gasteiger partial charge in [0.05, 0.1) is 11.4 Å². The fourth-order valence-corrected chi connectivity index (χ4v) is 10.1. The van der Waals surface area contributed by atoms with E-state index in [1.54, 1.807) is 0 Å². The smallest absolute Gasteiger partial charge is 0.160 e. The minimum atomic E-state index is -0.312. The summed E-state index contributed by atoms with van der Waals surface area (Å²) in [5.41, 5.74) is 15.7. The zero-order valence-electron chi connectivity index (χ0n) is 31.4. The van der Waals surface area contributed by atoms with Crippen LogP contribution in [0.2, 0.25) is 0 Å². The lowest BCUT2D eigenvalue weighted by Gasteiger charge is -2.28. The van der Waals surface area contributed by atoms with Crippen molar-refractivity contribution in [1.82, 2.24) is 9.97 Å². The zero-order chi connectivity index (χ0) is 37.9. The maximum Gasteiger partial charge on any atom is 0.160 e. The van der Waals surface area contributed by atoms with Crippen molar-refractivity contribution < 1.29 is 0 Å². The molecular formula is C54H36N2S. The Bertz CT molecular complexity index is 3130. The molecule has 1 unspecified atom stereocenters. The van der Waals surface area contributed by atoms with E-state index in [4.69, 9.17) is 9.97 Å². The lowest BCUT2D eigenvalue weighted by Crippen LogP contribution is -2.22. The monoisotopic (exact) mass is 744 g/mol. The molecule has 2 aromatic heterocycles. The van der Waals surface area contributed by atoms with Crippen molar-refractivity contribution in [3.8, 4) is 67.3 Å². The van der Waals surface area contributed by atoms with E-state index in [2.05, 4.69) is 201 Å². The second-order valence-electron chi connectivity index (χ2n) is 15.1. The lowest BCUT2D eigenvalue weighted by molar-refractivity contribution is 0.714. The van der Waals surface area contributed by atoms with E-state index in [1.807, 2.05) is 17.4 Å². The summed E-state index contributed by atoms with van der Waals surface area (Å²) in [4.78, 5) is 10.7. The highest BCUT2D eigenvalue weighted by atomic mass is 32.1. The topological polar surface area (TPSA) is 25.8 Å². The minimum absolute atomic E-state index is 0.312. The van der Waals surface area contributed by atoms with Gasteiger partial charge in [-0.3, -0.25) is 0 Å². The number of hydrogen-bond acceptors (Lipinski definition) is 3. The van der Waals surface area contributed by atoms with E-state index in [9.17, 15) is 0 Å². The summed E-state index contributed by atoms with van der Waals surface area (Å²) in [6, 6.07) is 72.3. The lowest BCUT2D eigenvalue weighted by atomic mass is 9.74. The average Bonchev–Trinajstić information content (AvgIpc) is 3.80. The van der Waals surface area contributed by atoms with Gasteiger partial charge < -0.3 is 0 Å². The van der Waals surface area contributed by atoms with Gasteiger partial charge in [0.2, 0.25) is 0 Å². The van der Waals surface area contributed by atoms with Crippen molar-refractivity contribution in [1.29, 1.82) is 0 Å². The number of rotatable bonds is 6. The standard InChI is InChI=1S/C54H36N2S/c1-54(41-20-9-4-10-21-41)46-25-13-11-22-43(46)44-29-28-37(33-47(44)54)48-34-49(56-53(55-48)36-18-7-3-8-19-36)40-31-38(35-16-5-2-6-17-35)30-39(32-40)42-24-15-27-51-52(42)45-23-12-14-26-50(45)57-51/h2-34H,1H3. The molecule has 0 bridgehead atoms. The molecule has 2 heterocycles. The van der Waals surface area contributed by atoms with Crippen molar-refractivity contribution in [2.24, 2.45) is 0 Å². The van der Waals surface area contributed by atoms with Crippen LogP contribution in [0.4, 0.5) is 0 Å². The third-order valence-electron chi connectivity index (χ3n) is 11.8. The van der Waals surface area contributed by atoms with Gasteiger partial charge in [0.1, 0.15) is 0 Å². The summed E-state index contributed by atoms with van der Waals surface area (Å²) < 4.78 is 2.59. The maximum absolute atomic E-state index is 5.34. The Hall–Kier alpha value is -6.94. The van der Waals surface area contributed by atoms with Crippen LogP contribution in [0.1, 0.15) is 23.6 Å². The van der Waals surface area contributed by atoms with E-state index in [0.29, 0.717) is 5.82 Å². The predicted octanol–water partition coefficient (Wildman–Crippen LogP) is 14.5. The van der Waals surface area contributed by atoms with Crippen LogP contribution < -0.4 is 0 Å². The summed E-state index contributed by atoms with van der Waals surface area (Å²) in [6.07, 6.45) is 0. The summed E-state index contributed by atoms with van der Waals surface area (Å²) in [5.74, 6) is 0.704. The van der Waals surface area contributed by atoms with Gasteiger partial charge in [0.15, 0.2) is 5.82 Å². The Balaban J connectivity index is 1.14. The molecule has 57 heavy (non-hydrogen) atoms. The Morgan fingerprint density at radius 3 is 1.79 bits per heavy atom. The van der Waals surface area contributed by atoms with E-state index >= 15 is 0 Å². The molecule has 8 aromatic carbocycles. The summed E-state index contributed by atoms with van der Waals surface area (Å²) in [6.45, 7) is 2.37. The summed E-state index contributed by atoms with van der Waals surface area (Å²) in [7, 11) is 0. The SMILES string of the molecule is CC1(c2ccccc2)c2ccccc2-c2ccc(-c3cc(-c4cc(-c5ccccc5)cc(-c5cccc6sc7ccccc7c56)c4)nc(-c4ccccc4)n3)cc21. The number of aromatic nitrogens is 2. The molecular weight excluding hydrogens is 709 g/mol. The number of fused-ring (bicyclic) bond motifs is 6. The molecule has 0 spiro atoms. The van der Waals surface area contributed by atoms with Crippen LogP contribution in [-0.2, 0) is 5.41 Å². The van der Waals surface area contributed by atoms with Crippen molar-refractivity contribution in [3.63, 3.8) is 0 Å². The van der Waals surface area contributed by atoms with Gasteiger partial charge in [-0.05, 0) is 99.5 Å². The molecule has 0 amide bonds.